The van der Waals surface area contributed by atoms with Crippen LogP contribution < -0.4 is 4.74 Å². The van der Waals surface area contributed by atoms with Gasteiger partial charge in [0.1, 0.15) is 12.1 Å². The van der Waals surface area contributed by atoms with Crippen molar-refractivity contribution in [3.63, 3.8) is 0 Å². The average molecular weight is 208 g/mol. The molecule has 2 aromatic rings. The molecule has 0 aliphatic heterocycles. The van der Waals surface area contributed by atoms with E-state index in [0.717, 1.165) is 10.9 Å². The summed E-state index contributed by atoms with van der Waals surface area (Å²) in [6.45, 7) is -1.76. The minimum Gasteiger partial charge on any atom is -0.438 e. The number of halogens is 1. The van der Waals surface area contributed by atoms with Crippen molar-refractivity contribution in [2.24, 2.45) is 0 Å². The van der Waals surface area contributed by atoms with Crippen LogP contribution in [-0.2, 0) is 4.74 Å². The maximum atomic E-state index is 12.7. The van der Waals surface area contributed by atoms with Crippen LogP contribution in [0.3, 0.4) is 0 Å². The molecule has 0 aliphatic rings. The van der Waals surface area contributed by atoms with Gasteiger partial charge in [0.15, 0.2) is 0 Å². The molecule has 0 spiro atoms. The van der Waals surface area contributed by atoms with Crippen LogP contribution in [0.2, 0.25) is 0 Å². The molecule has 0 amide bonds. The van der Waals surface area contributed by atoms with E-state index in [0.29, 0.717) is 5.75 Å². The van der Waals surface area contributed by atoms with Gasteiger partial charge in [-0.25, -0.2) is 9.97 Å². The van der Waals surface area contributed by atoms with Gasteiger partial charge in [-0.2, -0.15) is 4.39 Å². The second-order valence-electron chi connectivity index (χ2n) is 2.87. The van der Waals surface area contributed by atoms with Gasteiger partial charge < -0.3 is 9.47 Å². The predicted molar refractivity (Wildman–Crippen MR) is 52.1 cm³/mol. The van der Waals surface area contributed by atoms with E-state index in [1.807, 2.05) is 0 Å². The predicted octanol–water partition coefficient (Wildman–Crippen LogP) is 1.91. The van der Waals surface area contributed by atoms with Crippen LogP contribution in [0, 0.1) is 0 Å². The van der Waals surface area contributed by atoms with E-state index in [4.69, 9.17) is 4.74 Å². The third kappa shape index (κ3) is 2.19. The molecule has 0 bridgehead atoms. The highest BCUT2D eigenvalue weighted by molar-refractivity contribution is 5.78. The number of rotatable bonds is 3. The summed E-state index contributed by atoms with van der Waals surface area (Å²) in [5.41, 5.74) is 0.783. The lowest BCUT2D eigenvalue weighted by molar-refractivity contribution is -0.145. The second-order valence-corrected chi connectivity index (χ2v) is 2.87. The zero-order valence-electron chi connectivity index (χ0n) is 8.05. The quantitative estimate of drug-likeness (QED) is 0.722. The molecule has 0 aliphatic carbocycles. The van der Waals surface area contributed by atoms with Gasteiger partial charge in [0.25, 0.3) is 0 Å². The van der Waals surface area contributed by atoms with E-state index in [1.165, 1.54) is 13.4 Å². The molecule has 15 heavy (non-hydrogen) atoms. The molecule has 2 rings (SSSR count). The first kappa shape index (κ1) is 9.79. The van der Waals surface area contributed by atoms with Crippen molar-refractivity contribution in [2.75, 3.05) is 7.11 Å². The van der Waals surface area contributed by atoms with Gasteiger partial charge in [-0.05, 0) is 18.2 Å². The SMILES string of the molecule is COC(F)Oc1ccc2ncncc2c1. The second kappa shape index (κ2) is 4.18. The molecule has 1 aromatic carbocycles. The first-order valence-corrected chi connectivity index (χ1v) is 4.33. The highest BCUT2D eigenvalue weighted by Crippen LogP contribution is 2.19. The van der Waals surface area contributed by atoms with Gasteiger partial charge in [-0.3, -0.25) is 0 Å². The lowest BCUT2D eigenvalue weighted by Gasteiger charge is -2.09. The van der Waals surface area contributed by atoms with Gasteiger partial charge in [0.2, 0.25) is 0 Å². The molecule has 0 N–H and O–H groups in total. The van der Waals surface area contributed by atoms with Crippen molar-refractivity contribution < 1.29 is 13.9 Å². The lowest BCUT2D eigenvalue weighted by atomic mass is 10.2. The zero-order valence-corrected chi connectivity index (χ0v) is 8.05. The number of benzene rings is 1. The van der Waals surface area contributed by atoms with Crippen molar-refractivity contribution in [1.82, 2.24) is 9.97 Å². The Labute approximate surface area is 85.7 Å². The van der Waals surface area contributed by atoms with Crippen molar-refractivity contribution >= 4 is 10.9 Å². The van der Waals surface area contributed by atoms with Crippen molar-refractivity contribution in [2.45, 2.75) is 6.54 Å². The van der Waals surface area contributed by atoms with Crippen LogP contribution in [0.15, 0.2) is 30.7 Å². The van der Waals surface area contributed by atoms with Gasteiger partial charge in [-0.15, -0.1) is 0 Å². The van der Waals surface area contributed by atoms with E-state index in [9.17, 15) is 4.39 Å². The Morgan fingerprint density at radius 2 is 2.27 bits per heavy atom. The van der Waals surface area contributed by atoms with Gasteiger partial charge in [0, 0.05) is 18.7 Å². The van der Waals surface area contributed by atoms with Crippen LogP contribution in [-0.4, -0.2) is 23.6 Å². The van der Waals surface area contributed by atoms with Crippen molar-refractivity contribution in [1.29, 1.82) is 0 Å². The summed E-state index contributed by atoms with van der Waals surface area (Å²) in [5.74, 6) is 0.381. The molecule has 1 unspecified atom stereocenters. The van der Waals surface area contributed by atoms with Gasteiger partial charge in [0.05, 0.1) is 5.52 Å². The van der Waals surface area contributed by atoms with E-state index in [-0.39, 0.29) is 0 Å². The van der Waals surface area contributed by atoms with E-state index in [1.54, 1.807) is 24.4 Å². The largest absolute Gasteiger partial charge is 0.438 e. The molecular formula is C10H9FN2O2. The number of fused-ring (bicyclic) bond motifs is 1. The standard InChI is InChI=1S/C10H9FN2O2/c1-14-10(11)15-8-2-3-9-7(4-8)5-12-6-13-9/h2-6,10H,1H3. The Morgan fingerprint density at radius 1 is 1.40 bits per heavy atom. The molecule has 1 heterocycles. The summed E-state index contributed by atoms with van der Waals surface area (Å²) in [5, 5.41) is 0.790. The molecule has 0 radical (unpaired) electrons. The Hall–Kier alpha value is -1.75. The normalized spacial score (nSPS) is 12.7. The van der Waals surface area contributed by atoms with Gasteiger partial charge >= 0.3 is 6.54 Å². The maximum Gasteiger partial charge on any atom is 0.352 e. The molecule has 0 saturated carbocycles. The molecule has 1 atom stereocenters. The smallest absolute Gasteiger partial charge is 0.352 e. The number of hydrogen-bond acceptors (Lipinski definition) is 4. The monoisotopic (exact) mass is 208 g/mol. The van der Waals surface area contributed by atoms with E-state index >= 15 is 0 Å². The van der Waals surface area contributed by atoms with Crippen molar-refractivity contribution in [3.05, 3.63) is 30.7 Å². The fraction of sp³-hybridized carbons (Fsp3) is 0.200. The number of alkyl halides is 1. The third-order valence-corrected chi connectivity index (χ3v) is 1.89. The van der Waals surface area contributed by atoms with Crippen LogP contribution in [0.4, 0.5) is 4.39 Å². The number of hydrogen-bond donors (Lipinski definition) is 0. The topological polar surface area (TPSA) is 44.2 Å². The molecular weight excluding hydrogens is 199 g/mol. The Balaban J connectivity index is 2.30. The first-order chi connectivity index (χ1) is 7.29. The zero-order chi connectivity index (χ0) is 10.7. The van der Waals surface area contributed by atoms with Gasteiger partial charge in [-0.1, -0.05) is 0 Å². The number of methoxy groups -OCH3 is 1. The van der Waals surface area contributed by atoms with E-state index < -0.39 is 6.54 Å². The van der Waals surface area contributed by atoms with Crippen LogP contribution in [0.25, 0.3) is 10.9 Å². The molecule has 1 aromatic heterocycles. The summed E-state index contributed by atoms with van der Waals surface area (Å²) in [4.78, 5) is 7.89. The molecule has 0 saturated heterocycles. The van der Waals surface area contributed by atoms with E-state index in [2.05, 4.69) is 14.7 Å². The summed E-state index contributed by atoms with van der Waals surface area (Å²) in [7, 11) is 1.23. The lowest BCUT2D eigenvalue weighted by Crippen LogP contribution is -2.11. The van der Waals surface area contributed by atoms with Crippen molar-refractivity contribution in [3.8, 4) is 5.75 Å². The summed E-state index contributed by atoms with van der Waals surface area (Å²) < 4.78 is 21.9. The maximum absolute atomic E-state index is 12.7. The minimum absolute atomic E-state index is 0.381. The first-order valence-electron chi connectivity index (χ1n) is 4.33. The molecule has 4 nitrogen and oxygen atoms in total. The highest BCUT2D eigenvalue weighted by atomic mass is 19.2. The summed E-state index contributed by atoms with van der Waals surface area (Å²) in [6, 6.07) is 5.01. The highest BCUT2D eigenvalue weighted by Gasteiger charge is 2.05. The fourth-order valence-electron chi connectivity index (χ4n) is 1.19. The summed E-state index contributed by atoms with van der Waals surface area (Å²) >= 11 is 0. The van der Waals surface area contributed by atoms with Crippen LogP contribution in [0.5, 0.6) is 5.75 Å². The molecule has 5 heteroatoms. The summed E-state index contributed by atoms with van der Waals surface area (Å²) in [6.07, 6.45) is 3.09. The number of nitrogens with zero attached hydrogens (tertiary/aromatic N) is 2. The fourth-order valence-corrected chi connectivity index (χ4v) is 1.19. The number of aromatic nitrogens is 2. The minimum atomic E-state index is -1.76. The van der Waals surface area contributed by atoms with Crippen LogP contribution in [0.1, 0.15) is 0 Å². The third-order valence-electron chi connectivity index (χ3n) is 1.89. The van der Waals surface area contributed by atoms with Crippen LogP contribution >= 0.6 is 0 Å². The Bertz CT molecular complexity index is 464. The number of ether oxygens (including phenoxy) is 2. The average Bonchev–Trinajstić information content (AvgIpc) is 2.29. The molecule has 0 fully saturated rings. The Morgan fingerprint density at radius 3 is 3.07 bits per heavy atom. The Kier molecular flexibility index (Phi) is 2.73. The molecule has 78 valence electrons.